The molecule has 0 spiro atoms. The summed E-state index contributed by atoms with van der Waals surface area (Å²) < 4.78 is 45.5. The molecule has 1 aromatic carbocycles. The van der Waals surface area contributed by atoms with Crippen molar-refractivity contribution >= 4 is 22.0 Å². The zero-order valence-electron chi connectivity index (χ0n) is 15.5. The van der Waals surface area contributed by atoms with Crippen LogP contribution in [0.25, 0.3) is 0 Å². The minimum atomic E-state index is -3.84. The Hall–Kier alpha value is -2.99. The Kier molecular flexibility index (Phi) is 6.13. The molecule has 1 atom stereocenters. The smallest absolute Gasteiger partial charge is 0.324 e. The lowest BCUT2D eigenvalue weighted by atomic mass is 10.3. The second-order valence-electron chi connectivity index (χ2n) is 6.46. The van der Waals surface area contributed by atoms with Gasteiger partial charge in [0.15, 0.2) is 0 Å². The number of hydrogen-bond acceptors (Lipinski definition) is 6. The number of sulfonamides is 1. The average Bonchev–Trinajstić information content (AvgIpc) is 3.24. The van der Waals surface area contributed by atoms with Crippen LogP contribution < -0.4 is 14.8 Å². The van der Waals surface area contributed by atoms with Crippen LogP contribution in [-0.2, 0) is 27.9 Å². The zero-order valence-corrected chi connectivity index (χ0v) is 16.3. The largest absolute Gasteiger partial charge is 0.491 e. The Morgan fingerprint density at radius 2 is 2.17 bits per heavy atom. The molecule has 0 bridgehead atoms. The van der Waals surface area contributed by atoms with E-state index in [1.165, 1.54) is 36.2 Å². The van der Waals surface area contributed by atoms with Crippen molar-refractivity contribution < 1.29 is 27.1 Å². The number of benzene rings is 1. The molecule has 1 aromatic heterocycles. The van der Waals surface area contributed by atoms with Crippen LogP contribution >= 0.6 is 0 Å². The van der Waals surface area contributed by atoms with Gasteiger partial charge in [0, 0.05) is 18.0 Å². The van der Waals surface area contributed by atoms with Crippen LogP contribution in [0.5, 0.6) is 5.75 Å². The van der Waals surface area contributed by atoms with Gasteiger partial charge in [-0.3, -0.25) is 10.1 Å². The third-order valence-electron chi connectivity index (χ3n) is 3.94. The summed E-state index contributed by atoms with van der Waals surface area (Å²) in [6, 6.07) is 5.25. The molecule has 12 heteroatoms. The monoisotopic (exact) mass is 425 g/mol. The molecule has 1 unspecified atom stereocenters. The number of amides is 3. The van der Waals surface area contributed by atoms with E-state index in [1.54, 1.807) is 6.07 Å². The van der Waals surface area contributed by atoms with Crippen molar-refractivity contribution in [1.29, 1.82) is 0 Å². The number of carbonyl (C=O) groups excluding carboxylic acids is 2. The number of urea groups is 1. The van der Waals surface area contributed by atoms with Gasteiger partial charge >= 0.3 is 6.03 Å². The Morgan fingerprint density at radius 3 is 2.86 bits per heavy atom. The number of alkyl halides is 1. The third-order valence-corrected chi connectivity index (χ3v) is 5.34. The molecule has 29 heavy (non-hydrogen) atoms. The zero-order chi connectivity index (χ0) is 21.0. The quantitative estimate of drug-likeness (QED) is 0.506. The van der Waals surface area contributed by atoms with Gasteiger partial charge in [0.2, 0.25) is 15.9 Å². The molecule has 3 amide bonds. The molecule has 3 N–H and O–H groups in total. The minimum absolute atomic E-state index is 0.0199. The maximum absolute atomic E-state index is 12.9. The highest BCUT2D eigenvalue weighted by Gasteiger charge is 2.27. The van der Waals surface area contributed by atoms with E-state index in [0.29, 0.717) is 11.5 Å². The third kappa shape index (κ3) is 5.51. The Morgan fingerprint density at radius 1 is 1.38 bits per heavy atom. The van der Waals surface area contributed by atoms with E-state index in [-0.39, 0.29) is 42.8 Å². The van der Waals surface area contributed by atoms with Crippen molar-refractivity contribution in [2.75, 3.05) is 13.2 Å². The number of imide groups is 1. The van der Waals surface area contributed by atoms with Crippen LogP contribution in [0.4, 0.5) is 9.18 Å². The molecule has 10 nitrogen and oxygen atoms in total. The molecule has 0 radical (unpaired) electrons. The lowest BCUT2D eigenvalue weighted by Gasteiger charge is -2.10. The molecule has 2 aromatic rings. The maximum Gasteiger partial charge on any atom is 0.324 e. The van der Waals surface area contributed by atoms with E-state index in [2.05, 4.69) is 20.0 Å². The topological polar surface area (TPSA) is 133 Å². The predicted octanol–water partition coefficient (Wildman–Crippen LogP) is 0.677. The molecule has 0 aliphatic carbocycles. The van der Waals surface area contributed by atoms with E-state index >= 15 is 0 Å². The van der Waals surface area contributed by atoms with Crippen LogP contribution in [0.1, 0.15) is 18.4 Å². The highest BCUT2D eigenvalue weighted by molar-refractivity contribution is 7.89. The fraction of sp³-hybridized carbons (Fsp3) is 0.353. The van der Waals surface area contributed by atoms with Gasteiger partial charge in [-0.2, -0.15) is 0 Å². The number of aromatic amines is 1. The lowest BCUT2D eigenvalue weighted by molar-refractivity contribution is -0.118. The molecular weight excluding hydrogens is 405 g/mol. The molecule has 156 valence electrons. The van der Waals surface area contributed by atoms with E-state index in [9.17, 15) is 22.4 Å². The Labute approximate surface area is 166 Å². The predicted molar refractivity (Wildman–Crippen MR) is 99.1 cm³/mol. The van der Waals surface area contributed by atoms with Gasteiger partial charge in [-0.25, -0.2) is 27.3 Å². The Bertz CT molecular complexity index is 1010. The number of nitrogens with one attached hydrogen (secondary N) is 3. The molecule has 1 aliphatic heterocycles. The summed E-state index contributed by atoms with van der Waals surface area (Å²) in [7, 11) is -3.84. The van der Waals surface area contributed by atoms with E-state index < -0.39 is 22.2 Å². The summed E-state index contributed by atoms with van der Waals surface area (Å²) in [6.07, 6.45) is 0.267. The SMILES string of the molecule is CC(F)COc1cccc(S(=O)(=O)NCc2cnc(CN3CC(=O)NC3=O)[nH]2)c1. The first-order valence-electron chi connectivity index (χ1n) is 8.71. The molecule has 1 saturated heterocycles. The highest BCUT2D eigenvalue weighted by atomic mass is 32.2. The van der Waals surface area contributed by atoms with Gasteiger partial charge in [0.1, 0.15) is 30.9 Å². The second kappa shape index (κ2) is 8.57. The van der Waals surface area contributed by atoms with Crippen LogP contribution in [0.3, 0.4) is 0 Å². The number of rotatable bonds is 9. The van der Waals surface area contributed by atoms with Gasteiger partial charge in [0.25, 0.3) is 0 Å². The van der Waals surface area contributed by atoms with E-state index in [1.807, 2.05) is 0 Å². The maximum atomic E-state index is 12.9. The number of ether oxygens (including phenoxy) is 1. The fourth-order valence-corrected chi connectivity index (χ4v) is 3.61. The van der Waals surface area contributed by atoms with Gasteiger partial charge < -0.3 is 14.6 Å². The van der Waals surface area contributed by atoms with Crippen molar-refractivity contribution in [2.45, 2.75) is 31.1 Å². The molecule has 0 saturated carbocycles. The number of hydrogen-bond donors (Lipinski definition) is 3. The van der Waals surface area contributed by atoms with Crippen molar-refractivity contribution in [3.05, 3.63) is 42.0 Å². The number of carbonyl (C=O) groups is 2. The molecule has 3 rings (SSSR count). The first-order chi connectivity index (χ1) is 13.7. The van der Waals surface area contributed by atoms with Crippen LogP contribution in [0.15, 0.2) is 35.4 Å². The Balaban J connectivity index is 1.59. The van der Waals surface area contributed by atoms with Crippen molar-refractivity contribution in [3.8, 4) is 5.75 Å². The van der Waals surface area contributed by atoms with Crippen LogP contribution in [-0.4, -0.2) is 54.5 Å². The number of imidazole rings is 1. The summed E-state index contributed by atoms with van der Waals surface area (Å²) in [5.41, 5.74) is 0.480. The van der Waals surface area contributed by atoms with Gasteiger partial charge in [0.05, 0.1) is 18.0 Å². The second-order valence-corrected chi connectivity index (χ2v) is 8.22. The van der Waals surface area contributed by atoms with Crippen molar-refractivity contribution in [1.82, 2.24) is 24.9 Å². The van der Waals surface area contributed by atoms with Crippen molar-refractivity contribution in [2.24, 2.45) is 0 Å². The number of H-pyrrole nitrogens is 1. The average molecular weight is 425 g/mol. The summed E-state index contributed by atoms with van der Waals surface area (Å²) in [5.74, 6) is 0.279. The number of aromatic nitrogens is 2. The van der Waals surface area contributed by atoms with Crippen molar-refractivity contribution in [3.63, 3.8) is 0 Å². The first kappa shape index (κ1) is 20.7. The van der Waals surface area contributed by atoms with Gasteiger partial charge in [-0.05, 0) is 19.1 Å². The molecule has 1 aliphatic rings. The summed E-state index contributed by atoms with van der Waals surface area (Å²) in [5, 5.41) is 2.16. The normalized spacial score (nSPS) is 15.4. The summed E-state index contributed by atoms with van der Waals surface area (Å²) >= 11 is 0. The van der Waals surface area contributed by atoms with Gasteiger partial charge in [-0.15, -0.1) is 0 Å². The molecule has 2 heterocycles. The standard InChI is InChI=1S/C17H20FN5O5S/c1-11(18)10-28-13-3-2-4-14(5-13)29(26,27)20-7-12-6-19-15(21-12)8-23-9-16(24)22-17(23)25/h2-6,11,20H,7-10H2,1H3,(H,19,21)(H,22,24,25). The van der Waals surface area contributed by atoms with Crippen LogP contribution in [0, 0.1) is 0 Å². The number of halogens is 1. The van der Waals surface area contributed by atoms with E-state index in [4.69, 9.17) is 4.74 Å². The summed E-state index contributed by atoms with van der Waals surface area (Å²) in [6.45, 7) is 1.15. The number of nitrogens with zero attached hydrogens (tertiary/aromatic N) is 2. The first-order valence-corrected chi connectivity index (χ1v) is 10.2. The van der Waals surface area contributed by atoms with Crippen LogP contribution in [0.2, 0.25) is 0 Å². The fourth-order valence-electron chi connectivity index (χ4n) is 2.57. The van der Waals surface area contributed by atoms with E-state index in [0.717, 1.165) is 0 Å². The van der Waals surface area contributed by atoms with Gasteiger partial charge in [-0.1, -0.05) is 6.07 Å². The minimum Gasteiger partial charge on any atom is -0.491 e. The highest BCUT2D eigenvalue weighted by Crippen LogP contribution is 2.18. The molecular formula is C17H20FN5O5S. The summed E-state index contributed by atoms with van der Waals surface area (Å²) in [4.78, 5) is 31.0. The lowest BCUT2D eigenvalue weighted by Crippen LogP contribution is -2.28. The molecule has 1 fully saturated rings.